The number of carbonyl (C=O) groups excluding carboxylic acids is 1. The largest absolute Gasteiger partial charge is 0.457 e. The molecular weight excluding hydrogens is 575 g/mol. The molecule has 2 N–H and O–H groups in total. The Balaban J connectivity index is 1.28. The van der Waals surface area contributed by atoms with Crippen LogP contribution in [0.3, 0.4) is 0 Å². The van der Waals surface area contributed by atoms with Crippen LogP contribution in [-0.4, -0.2) is 79.9 Å². The molecule has 2 aromatic carbocycles. The molecule has 4 aromatic rings. The second-order valence-electron chi connectivity index (χ2n) is 12.0. The molecular formula is C33H35FN8O3. The van der Waals surface area contributed by atoms with Crippen molar-refractivity contribution < 1.29 is 18.7 Å². The highest BCUT2D eigenvalue weighted by atomic mass is 19.1. The number of anilines is 1. The molecule has 2 saturated heterocycles. The number of amides is 1. The molecule has 6 rings (SSSR count). The fraction of sp³-hybridized carbons (Fsp3) is 0.364. The van der Waals surface area contributed by atoms with E-state index >= 15 is 4.39 Å². The van der Waals surface area contributed by atoms with Crippen LogP contribution in [0, 0.1) is 17.1 Å². The number of hydrogen-bond acceptors (Lipinski definition) is 9. The van der Waals surface area contributed by atoms with Crippen molar-refractivity contribution in [1.82, 2.24) is 29.5 Å². The lowest BCUT2D eigenvalue weighted by molar-refractivity contribution is -0.127. The van der Waals surface area contributed by atoms with Gasteiger partial charge >= 0.3 is 0 Å². The Morgan fingerprint density at radius 1 is 1.22 bits per heavy atom. The molecule has 2 aliphatic heterocycles. The van der Waals surface area contributed by atoms with Gasteiger partial charge in [0.15, 0.2) is 5.65 Å². The van der Waals surface area contributed by atoms with Crippen LogP contribution in [0.4, 0.5) is 10.2 Å². The van der Waals surface area contributed by atoms with E-state index < -0.39 is 11.4 Å². The zero-order valence-electron chi connectivity index (χ0n) is 25.5. The second kappa shape index (κ2) is 12.3. The predicted octanol–water partition coefficient (Wildman–Crippen LogP) is 4.56. The summed E-state index contributed by atoms with van der Waals surface area (Å²) in [5.74, 6) is 0.235. The molecule has 0 bridgehead atoms. The van der Waals surface area contributed by atoms with Crippen molar-refractivity contribution in [3.05, 3.63) is 72.3 Å². The Hall–Kier alpha value is -4.86. The van der Waals surface area contributed by atoms with Gasteiger partial charge in [-0.05, 0) is 64.1 Å². The number of likely N-dealkylation sites (N-methyl/N-ethyl adjacent to an activating group) is 1. The highest BCUT2D eigenvalue weighted by Crippen LogP contribution is 2.35. The van der Waals surface area contributed by atoms with Crippen LogP contribution in [0.25, 0.3) is 22.3 Å². The van der Waals surface area contributed by atoms with Gasteiger partial charge in [0.2, 0.25) is 0 Å². The molecule has 12 heteroatoms. The fourth-order valence-corrected chi connectivity index (χ4v) is 5.88. The summed E-state index contributed by atoms with van der Waals surface area (Å²) < 4.78 is 28.3. The maximum Gasteiger partial charge on any atom is 0.264 e. The van der Waals surface area contributed by atoms with E-state index in [-0.39, 0.29) is 41.5 Å². The molecule has 2 fully saturated rings. The molecule has 0 saturated carbocycles. The van der Waals surface area contributed by atoms with Crippen molar-refractivity contribution in [1.29, 1.82) is 5.26 Å². The van der Waals surface area contributed by atoms with Crippen molar-refractivity contribution in [3.63, 3.8) is 0 Å². The summed E-state index contributed by atoms with van der Waals surface area (Å²) in [6.07, 6.45) is 4.57. The number of para-hydroxylation sites is 1. The first kappa shape index (κ1) is 30.2. The summed E-state index contributed by atoms with van der Waals surface area (Å²) in [6.45, 7) is 6.02. The van der Waals surface area contributed by atoms with Crippen molar-refractivity contribution in [2.24, 2.45) is 0 Å². The third-order valence-corrected chi connectivity index (χ3v) is 8.68. The molecule has 4 heterocycles. The molecule has 0 spiro atoms. The van der Waals surface area contributed by atoms with Gasteiger partial charge in [0.05, 0.1) is 37.2 Å². The minimum absolute atomic E-state index is 0.0939. The van der Waals surface area contributed by atoms with Gasteiger partial charge < -0.3 is 20.1 Å². The Morgan fingerprint density at radius 2 is 2.00 bits per heavy atom. The van der Waals surface area contributed by atoms with E-state index in [0.29, 0.717) is 54.4 Å². The Bertz CT molecular complexity index is 1790. The number of aromatic nitrogens is 4. The molecule has 232 valence electrons. The SMILES string of the molecule is CN(C1COC1)C(C)(C)/C=C(\C#N)C(=O)N1CCCC1Cn1nc(-c2ccc(Oc3ccccc3)cc2F)c2c(N)ncnc21. The summed E-state index contributed by atoms with van der Waals surface area (Å²) >= 11 is 0. The quantitative estimate of drug-likeness (QED) is 0.214. The van der Waals surface area contributed by atoms with Gasteiger partial charge in [-0.1, -0.05) is 18.2 Å². The summed E-state index contributed by atoms with van der Waals surface area (Å²) in [5.41, 5.74) is 6.79. The average Bonchev–Trinajstić information content (AvgIpc) is 3.61. The standard InChI is InChI=1S/C33H35FN8O3/c1-33(2,40(3)23-18-44-19-23)15-21(16-35)32(43)41-13-7-8-22(41)17-42-31-28(30(36)37-20-38-31)29(39-42)26-12-11-25(14-27(26)34)45-24-9-5-4-6-10-24/h4-6,9-12,14-15,20,22-23H,7-8,13,17-19H2,1-3H3,(H2,36,37,38)/b21-15+. The van der Waals surface area contributed by atoms with Crippen molar-refractivity contribution in [3.8, 4) is 28.8 Å². The number of hydrogen-bond donors (Lipinski definition) is 1. The van der Waals surface area contributed by atoms with Crippen LogP contribution >= 0.6 is 0 Å². The Labute approximate surface area is 260 Å². The summed E-state index contributed by atoms with van der Waals surface area (Å²) in [6, 6.07) is 15.8. The van der Waals surface area contributed by atoms with Crippen LogP contribution in [0.15, 0.2) is 66.5 Å². The molecule has 11 nitrogen and oxygen atoms in total. The molecule has 0 aliphatic carbocycles. The lowest BCUT2D eigenvalue weighted by Crippen LogP contribution is -2.55. The van der Waals surface area contributed by atoms with Gasteiger partial charge in [0.1, 0.15) is 46.8 Å². The van der Waals surface area contributed by atoms with Gasteiger partial charge in [-0.25, -0.2) is 19.0 Å². The molecule has 45 heavy (non-hydrogen) atoms. The normalized spacial score (nSPS) is 17.5. The van der Waals surface area contributed by atoms with Gasteiger partial charge in [-0.15, -0.1) is 0 Å². The number of benzene rings is 2. The summed E-state index contributed by atoms with van der Waals surface area (Å²) in [7, 11) is 1.97. The number of fused-ring (bicyclic) bond motifs is 1. The molecule has 2 aliphatic rings. The van der Waals surface area contributed by atoms with Crippen molar-refractivity contribution in [2.45, 2.75) is 50.9 Å². The van der Waals surface area contributed by atoms with Gasteiger partial charge in [-0.2, -0.15) is 10.4 Å². The van der Waals surface area contributed by atoms with Gasteiger partial charge in [0, 0.05) is 23.7 Å². The summed E-state index contributed by atoms with van der Waals surface area (Å²) in [5, 5.41) is 15.2. The van der Waals surface area contributed by atoms with Crippen LogP contribution < -0.4 is 10.5 Å². The molecule has 2 aromatic heterocycles. The number of carbonyl (C=O) groups is 1. The van der Waals surface area contributed by atoms with Crippen LogP contribution in [0.2, 0.25) is 0 Å². The average molecular weight is 611 g/mol. The van der Waals surface area contributed by atoms with E-state index in [1.165, 1.54) is 12.4 Å². The lowest BCUT2D eigenvalue weighted by atomic mass is 9.96. The number of halogens is 1. The van der Waals surface area contributed by atoms with E-state index in [0.717, 1.165) is 6.42 Å². The number of rotatable bonds is 9. The first-order chi connectivity index (χ1) is 21.7. The third kappa shape index (κ3) is 5.96. The monoisotopic (exact) mass is 610 g/mol. The Kier molecular flexibility index (Phi) is 8.22. The minimum Gasteiger partial charge on any atom is -0.457 e. The van der Waals surface area contributed by atoms with Crippen LogP contribution in [-0.2, 0) is 16.1 Å². The van der Waals surface area contributed by atoms with E-state index in [1.807, 2.05) is 39.1 Å². The number of nitriles is 1. The number of likely N-dealkylation sites (tertiary alicyclic amines) is 1. The Morgan fingerprint density at radius 3 is 2.69 bits per heavy atom. The highest BCUT2D eigenvalue weighted by Gasteiger charge is 2.36. The maximum absolute atomic E-state index is 15.6. The van der Waals surface area contributed by atoms with E-state index in [9.17, 15) is 10.1 Å². The van der Waals surface area contributed by atoms with E-state index in [1.54, 1.807) is 39.9 Å². The van der Waals surface area contributed by atoms with Gasteiger partial charge in [0.25, 0.3) is 5.91 Å². The first-order valence-corrected chi connectivity index (χ1v) is 14.9. The van der Waals surface area contributed by atoms with E-state index in [2.05, 4.69) is 20.9 Å². The molecule has 1 amide bonds. The fourth-order valence-electron chi connectivity index (χ4n) is 5.88. The molecule has 1 atom stereocenters. The molecule has 1 unspecified atom stereocenters. The van der Waals surface area contributed by atoms with Crippen LogP contribution in [0.5, 0.6) is 11.5 Å². The zero-order chi connectivity index (χ0) is 31.7. The third-order valence-electron chi connectivity index (χ3n) is 8.68. The minimum atomic E-state index is -0.541. The smallest absolute Gasteiger partial charge is 0.264 e. The van der Waals surface area contributed by atoms with Gasteiger partial charge in [-0.3, -0.25) is 9.69 Å². The van der Waals surface area contributed by atoms with Crippen LogP contribution in [0.1, 0.15) is 26.7 Å². The number of nitrogen functional groups attached to an aromatic ring is 1. The predicted molar refractivity (Wildman–Crippen MR) is 167 cm³/mol. The van der Waals surface area contributed by atoms with Crippen molar-refractivity contribution >= 4 is 22.8 Å². The second-order valence-corrected chi connectivity index (χ2v) is 12.0. The van der Waals surface area contributed by atoms with E-state index in [4.69, 9.17) is 20.3 Å². The number of nitrogens with zero attached hydrogens (tertiary/aromatic N) is 7. The zero-order valence-corrected chi connectivity index (χ0v) is 25.5. The summed E-state index contributed by atoms with van der Waals surface area (Å²) in [4.78, 5) is 26.2. The lowest BCUT2D eigenvalue weighted by Gasteiger charge is -2.43. The topological polar surface area (TPSA) is 135 Å². The van der Waals surface area contributed by atoms with Crippen molar-refractivity contribution in [2.75, 3.05) is 32.5 Å². The first-order valence-electron chi connectivity index (χ1n) is 14.9. The molecule has 0 radical (unpaired) electrons. The number of nitrogens with two attached hydrogens (primary N) is 1. The maximum atomic E-state index is 15.6. The highest BCUT2D eigenvalue weighted by molar-refractivity contribution is 5.99. The number of ether oxygens (including phenoxy) is 2.